The Morgan fingerprint density at radius 1 is 1.05 bits per heavy atom. The molecule has 4 nitrogen and oxygen atoms in total. The number of aromatic nitrogens is 3. The Morgan fingerprint density at radius 3 is 2.50 bits per heavy atom. The van der Waals surface area contributed by atoms with Gasteiger partial charge in [0.05, 0.1) is 6.04 Å². The summed E-state index contributed by atoms with van der Waals surface area (Å²) in [6, 6.07) is 14.0. The lowest BCUT2D eigenvalue weighted by Gasteiger charge is -2.19. The van der Waals surface area contributed by atoms with Crippen molar-refractivity contribution in [2.45, 2.75) is 12.6 Å². The number of hydrogen-bond donors (Lipinski definition) is 1. The standard InChI is InChI=1S/C17H17ClN4/c18-16-4-2-15(3-5-16)17(22-11-1-8-21-22)13-20-12-14-6-9-19-10-7-14/h1-11,17,20H,12-13H2. The number of rotatable bonds is 6. The molecule has 0 saturated carbocycles. The molecule has 0 aliphatic rings. The van der Waals surface area contributed by atoms with Crippen molar-refractivity contribution in [3.8, 4) is 0 Å². The Hall–Kier alpha value is -2.17. The number of hydrogen-bond acceptors (Lipinski definition) is 3. The van der Waals surface area contributed by atoms with Crippen LogP contribution in [0.3, 0.4) is 0 Å². The topological polar surface area (TPSA) is 42.7 Å². The molecular weight excluding hydrogens is 296 g/mol. The third-order valence-corrected chi connectivity index (χ3v) is 3.77. The maximum Gasteiger partial charge on any atom is 0.0892 e. The third kappa shape index (κ3) is 3.72. The fourth-order valence-corrected chi connectivity index (χ4v) is 2.49. The van der Waals surface area contributed by atoms with Crippen LogP contribution >= 0.6 is 11.6 Å². The van der Waals surface area contributed by atoms with E-state index in [0.717, 1.165) is 18.1 Å². The number of pyridine rings is 1. The molecule has 0 saturated heterocycles. The maximum absolute atomic E-state index is 5.98. The molecule has 2 aromatic heterocycles. The summed E-state index contributed by atoms with van der Waals surface area (Å²) in [4.78, 5) is 4.03. The lowest BCUT2D eigenvalue weighted by Crippen LogP contribution is -2.26. The summed E-state index contributed by atoms with van der Waals surface area (Å²) in [6.07, 6.45) is 7.39. The molecule has 0 radical (unpaired) electrons. The van der Waals surface area contributed by atoms with Crippen LogP contribution in [0, 0.1) is 0 Å². The minimum absolute atomic E-state index is 0.133. The molecule has 1 unspecified atom stereocenters. The second kappa shape index (κ2) is 7.20. The van der Waals surface area contributed by atoms with Crippen molar-refractivity contribution >= 4 is 11.6 Å². The smallest absolute Gasteiger partial charge is 0.0892 e. The highest BCUT2D eigenvalue weighted by Gasteiger charge is 2.13. The first-order valence-corrected chi connectivity index (χ1v) is 7.55. The van der Waals surface area contributed by atoms with Gasteiger partial charge >= 0.3 is 0 Å². The van der Waals surface area contributed by atoms with Gasteiger partial charge in [0, 0.05) is 42.9 Å². The second-order valence-corrected chi connectivity index (χ2v) is 5.48. The van der Waals surface area contributed by atoms with Crippen LogP contribution in [0.15, 0.2) is 67.3 Å². The molecule has 0 amide bonds. The van der Waals surface area contributed by atoms with E-state index in [-0.39, 0.29) is 6.04 Å². The van der Waals surface area contributed by atoms with Gasteiger partial charge in [0.1, 0.15) is 0 Å². The predicted molar refractivity (Wildman–Crippen MR) is 87.8 cm³/mol. The first-order chi connectivity index (χ1) is 10.8. The summed E-state index contributed by atoms with van der Waals surface area (Å²) in [5, 5.41) is 8.60. The molecule has 22 heavy (non-hydrogen) atoms. The third-order valence-electron chi connectivity index (χ3n) is 3.52. The molecule has 2 heterocycles. The highest BCUT2D eigenvalue weighted by atomic mass is 35.5. The molecule has 1 aromatic carbocycles. The molecule has 1 atom stereocenters. The van der Waals surface area contributed by atoms with Crippen LogP contribution in [0.4, 0.5) is 0 Å². The lowest BCUT2D eigenvalue weighted by atomic mass is 10.1. The molecule has 3 aromatic rings. The van der Waals surface area contributed by atoms with Gasteiger partial charge in [-0.2, -0.15) is 5.10 Å². The molecular formula is C17H17ClN4. The van der Waals surface area contributed by atoms with Crippen LogP contribution in [0.2, 0.25) is 5.02 Å². The zero-order chi connectivity index (χ0) is 15.2. The number of halogens is 1. The summed E-state index contributed by atoms with van der Waals surface area (Å²) < 4.78 is 1.96. The Morgan fingerprint density at radius 2 is 1.82 bits per heavy atom. The van der Waals surface area contributed by atoms with Crippen molar-refractivity contribution < 1.29 is 0 Å². The van der Waals surface area contributed by atoms with Crippen LogP contribution < -0.4 is 5.32 Å². The summed E-state index contributed by atoms with van der Waals surface area (Å²) in [7, 11) is 0. The summed E-state index contributed by atoms with van der Waals surface area (Å²) >= 11 is 5.98. The van der Waals surface area contributed by atoms with E-state index in [1.54, 1.807) is 18.6 Å². The van der Waals surface area contributed by atoms with E-state index < -0.39 is 0 Å². The Kier molecular flexibility index (Phi) is 4.83. The van der Waals surface area contributed by atoms with Crippen molar-refractivity contribution in [1.29, 1.82) is 0 Å². The van der Waals surface area contributed by atoms with E-state index in [9.17, 15) is 0 Å². The van der Waals surface area contributed by atoms with E-state index in [4.69, 9.17) is 11.6 Å². The number of nitrogens with zero attached hydrogens (tertiary/aromatic N) is 3. The van der Waals surface area contributed by atoms with E-state index >= 15 is 0 Å². The van der Waals surface area contributed by atoms with Crippen molar-refractivity contribution in [1.82, 2.24) is 20.1 Å². The van der Waals surface area contributed by atoms with Gasteiger partial charge in [-0.3, -0.25) is 9.67 Å². The molecule has 0 fully saturated rings. The van der Waals surface area contributed by atoms with Gasteiger partial charge in [-0.25, -0.2) is 0 Å². The van der Waals surface area contributed by atoms with E-state index in [1.807, 2.05) is 53.3 Å². The van der Waals surface area contributed by atoms with Crippen LogP contribution in [0.25, 0.3) is 0 Å². The molecule has 3 rings (SSSR count). The van der Waals surface area contributed by atoms with Gasteiger partial charge in [0.25, 0.3) is 0 Å². The lowest BCUT2D eigenvalue weighted by molar-refractivity contribution is 0.480. The van der Waals surface area contributed by atoms with Crippen LogP contribution in [0.1, 0.15) is 17.2 Å². The first-order valence-electron chi connectivity index (χ1n) is 7.17. The number of nitrogens with one attached hydrogen (secondary N) is 1. The van der Waals surface area contributed by atoms with E-state index in [0.29, 0.717) is 0 Å². The van der Waals surface area contributed by atoms with Crippen molar-refractivity contribution in [3.05, 3.63) is 83.4 Å². The van der Waals surface area contributed by atoms with Gasteiger partial charge in [0.15, 0.2) is 0 Å². The quantitative estimate of drug-likeness (QED) is 0.759. The zero-order valence-corrected chi connectivity index (χ0v) is 12.8. The first kappa shape index (κ1) is 14.8. The van der Waals surface area contributed by atoms with Crippen LogP contribution in [-0.2, 0) is 6.54 Å². The maximum atomic E-state index is 5.98. The van der Waals surface area contributed by atoms with Gasteiger partial charge in [-0.05, 0) is 41.5 Å². The Balaban J connectivity index is 1.71. The van der Waals surface area contributed by atoms with Gasteiger partial charge in [-0.15, -0.1) is 0 Å². The van der Waals surface area contributed by atoms with Gasteiger partial charge < -0.3 is 5.32 Å². The summed E-state index contributed by atoms with van der Waals surface area (Å²) in [5.74, 6) is 0. The largest absolute Gasteiger partial charge is 0.310 e. The normalized spacial score (nSPS) is 12.2. The Labute approximate surface area is 134 Å². The van der Waals surface area contributed by atoms with Crippen molar-refractivity contribution in [3.63, 3.8) is 0 Å². The highest BCUT2D eigenvalue weighted by molar-refractivity contribution is 6.30. The SMILES string of the molecule is Clc1ccc(C(CNCc2ccncc2)n2cccn2)cc1. The van der Waals surface area contributed by atoms with Gasteiger partial charge in [-0.1, -0.05) is 23.7 Å². The summed E-state index contributed by atoms with van der Waals surface area (Å²) in [5.41, 5.74) is 2.39. The van der Waals surface area contributed by atoms with E-state index in [2.05, 4.69) is 15.4 Å². The second-order valence-electron chi connectivity index (χ2n) is 5.04. The molecule has 112 valence electrons. The van der Waals surface area contributed by atoms with Crippen LogP contribution in [-0.4, -0.2) is 21.3 Å². The monoisotopic (exact) mass is 312 g/mol. The van der Waals surface area contributed by atoms with Gasteiger partial charge in [0.2, 0.25) is 0 Å². The molecule has 0 bridgehead atoms. The average molecular weight is 313 g/mol. The minimum atomic E-state index is 0.133. The fraction of sp³-hybridized carbons (Fsp3) is 0.176. The minimum Gasteiger partial charge on any atom is -0.310 e. The molecule has 5 heteroatoms. The van der Waals surface area contributed by atoms with E-state index in [1.165, 1.54) is 11.1 Å². The van der Waals surface area contributed by atoms with Crippen molar-refractivity contribution in [2.24, 2.45) is 0 Å². The molecule has 0 spiro atoms. The average Bonchev–Trinajstić information content (AvgIpc) is 3.08. The number of benzene rings is 1. The Bertz CT molecular complexity index is 680. The highest BCUT2D eigenvalue weighted by Crippen LogP contribution is 2.19. The molecule has 0 aliphatic heterocycles. The molecule has 1 N–H and O–H groups in total. The van der Waals surface area contributed by atoms with Crippen LogP contribution in [0.5, 0.6) is 0 Å². The zero-order valence-electron chi connectivity index (χ0n) is 12.1. The predicted octanol–water partition coefficient (Wildman–Crippen LogP) is 3.31. The molecule has 0 aliphatic carbocycles. The van der Waals surface area contributed by atoms with Crippen molar-refractivity contribution in [2.75, 3.05) is 6.54 Å². The fourth-order valence-electron chi connectivity index (χ4n) is 2.37. The summed E-state index contributed by atoms with van der Waals surface area (Å²) in [6.45, 7) is 1.58.